The van der Waals surface area contributed by atoms with E-state index in [4.69, 9.17) is 10.5 Å². The van der Waals surface area contributed by atoms with Crippen molar-refractivity contribution in [1.82, 2.24) is 9.96 Å². The van der Waals surface area contributed by atoms with Crippen LogP contribution in [0.5, 0.6) is 0 Å². The summed E-state index contributed by atoms with van der Waals surface area (Å²) in [5.41, 5.74) is 8.06. The Morgan fingerprint density at radius 3 is 2.78 bits per heavy atom. The van der Waals surface area contributed by atoms with Gasteiger partial charge in [0, 0.05) is 42.8 Å². The highest BCUT2D eigenvalue weighted by Crippen LogP contribution is 2.28. The van der Waals surface area contributed by atoms with Crippen molar-refractivity contribution in [1.29, 1.82) is 0 Å². The van der Waals surface area contributed by atoms with Crippen molar-refractivity contribution >= 4 is 29.4 Å². The van der Waals surface area contributed by atoms with Crippen molar-refractivity contribution in [2.75, 3.05) is 32.8 Å². The van der Waals surface area contributed by atoms with Crippen molar-refractivity contribution in [3.8, 4) is 0 Å². The van der Waals surface area contributed by atoms with E-state index in [1.807, 2.05) is 6.92 Å². The molecule has 144 valence electrons. The van der Waals surface area contributed by atoms with Crippen LogP contribution in [-0.2, 0) is 9.53 Å². The summed E-state index contributed by atoms with van der Waals surface area (Å²) in [5.74, 6) is -0.311. The molecule has 0 aromatic heterocycles. The van der Waals surface area contributed by atoms with E-state index in [2.05, 4.69) is 4.99 Å². The number of benzene rings is 1. The SMILES string of the molecule is CCCN(O)C(=O)C1=Cc2ccc(C(=O)N3CCOCC3)cc2N=C(N)C1. The van der Waals surface area contributed by atoms with Gasteiger partial charge in [0.15, 0.2) is 0 Å². The number of carbonyl (C=O) groups is 2. The molecule has 1 saturated heterocycles. The fourth-order valence-corrected chi connectivity index (χ4v) is 3.09. The highest BCUT2D eigenvalue weighted by Gasteiger charge is 2.22. The summed E-state index contributed by atoms with van der Waals surface area (Å²) < 4.78 is 5.28. The number of aliphatic imine (C=N–C) groups is 1. The van der Waals surface area contributed by atoms with Gasteiger partial charge >= 0.3 is 0 Å². The Morgan fingerprint density at radius 2 is 2.07 bits per heavy atom. The van der Waals surface area contributed by atoms with Crippen molar-refractivity contribution in [2.45, 2.75) is 19.8 Å². The highest BCUT2D eigenvalue weighted by atomic mass is 16.5. The molecule has 2 aliphatic rings. The highest BCUT2D eigenvalue weighted by molar-refractivity contribution is 6.05. The maximum absolute atomic E-state index is 12.7. The lowest BCUT2D eigenvalue weighted by atomic mass is 10.0. The van der Waals surface area contributed by atoms with Crippen molar-refractivity contribution in [3.63, 3.8) is 0 Å². The van der Waals surface area contributed by atoms with Gasteiger partial charge in [-0.25, -0.2) is 10.1 Å². The van der Waals surface area contributed by atoms with E-state index < -0.39 is 5.91 Å². The lowest BCUT2D eigenvalue weighted by Crippen LogP contribution is -2.40. The standard InChI is InChI=1S/C19H24N4O4/c1-2-5-23(26)19(25)15-10-13-3-4-14(11-16(13)21-17(20)12-15)18(24)22-6-8-27-9-7-22/h3-4,10-11,26H,2,5-9,12H2,1H3,(H2,20,21). The van der Waals surface area contributed by atoms with Crippen molar-refractivity contribution < 1.29 is 19.5 Å². The van der Waals surface area contributed by atoms with E-state index in [1.165, 1.54) is 0 Å². The lowest BCUT2D eigenvalue weighted by Gasteiger charge is -2.27. The van der Waals surface area contributed by atoms with Crippen molar-refractivity contribution in [2.24, 2.45) is 10.7 Å². The molecule has 8 heteroatoms. The van der Waals surface area contributed by atoms with E-state index in [-0.39, 0.29) is 24.7 Å². The third-order valence-corrected chi connectivity index (χ3v) is 4.49. The molecule has 1 aromatic rings. The summed E-state index contributed by atoms with van der Waals surface area (Å²) in [6, 6.07) is 5.15. The Hall–Kier alpha value is -2.71. The van der Waals surface area contributed by atoms with Crippen LogP contribution in [-0.4, -0.2) is 65.7 Å². The third kappa shape index (κ3) is 4.35. The third-order valence-electron chi connectivity index (χ3n) is 4.49. The first kappa shape index (κ1) is 19.1. The molecular weight excluding hydrogens is 348 g/mol. The van der Waals surface area contributed by atoms with Gasteiger partial charge in [-0.2, -0.15) is 0 Å². The number of nitrogens with zero attached hydrogens (tertiary/aromatic N) is 3. The van der Waals surface area contributed by atoms with Gasteiger partial charge in [0.25, 0.3) is 11.8 Å². The molecule has 0 unspecified atom stereocenters. The predicted octanol–water partition coefficient (Wildman–Crippen LogP) is 1.56. The summed E-state index contributed by atoms with van der Waals surface area (Å²) in [6.07, 6.45) is 2.45. The summed E-state index contributed by atoms with van der Waals surface area (Å²) in [5, 5.41) is 10.6. The normalized spacial score (nSPS) is 16.7. The Morgan fingerprint density at radius 1 is 1.33 bits per heavy atom. The van der Waals surface area contributed by atoms with Crippen LogP contribution in [0, 0.1) is 0 Å². The van der Waals surface area contributed by atoms with Gasteiger partial charge in [-0.15, -0.1) is 0 Å². The Bertz CT molecular complexity index is 797. The van der Waals surface area contributed by atoms with E-state index in [0.29, 0.717) is 60.2 Å². The molecule has 0 radical (unpaired) electrons. The molecule has 0 bridgehead atoms. The number of nitrogens with two attached hydrogens (primary N) is 1. The number of hydrogen-bond donors (Lipinski definition) is 2. The first-order valence-electron chi connectivity index (χ1n) is 9.05. The summed E-state index contributed by atoms with van der Waals surface area (Å²) in [6.45, 7) is 4.30. The Balaban J connectivity index is 1.89. The Labute approximate surface area is 157 Å². The molecule has 8 nitrogen and oxygen atoms in total. The maximum atomic E-state index is 12.7. The lowest BCUT2D eigenvalue weighted by molar-refractivity contribution is -0.160. The van der Waals surface area contributed by atoms with Crippen LogP contribution >= 0.6 is 0 Å². The van der Waals surface area contributed by atoms with Gasteiger partial charge in [-0.05, 0) is 24.6 Å². The van der Waals surface area contributed by atoms with Gasteiger partial charge in [0.05, 0.1) is 18.9 Å². The maximum Gasteiger partial charge on any atom is 0.273 e. The average molecular weight is 372 g/mol. The number of ether oxygens (including phenoxy) is 1. The molecule has 0 atom stereocenters. The molecule has 3 rings (SSSR count). The number of hydroxylamine groups is 2. The first-order chi connectivity index (χ1) is 13.0. The fraction of sp³-hybridized carbons (Fsp3) is 0.421. The van der Waals surface area contributed by atoms with Gasteiger partial charge in [-0.1, -0.05) is 13.0 Å². The second kappa shape index (κ2) is 8.32. The number of hydrogen-bond acceptors (Lipinski definition) is 6. The zero-order chi connectivity index (χ0) is 19.4. The van der Waals surface area contributed by atoms with E-state index in [0.717, 1.165) is 0 Å². The smallest absolute Gasteiger partial charge is 0.273 e. The predicted molar refractivity (Wildman–Crippen MR) is 101 cm³/mol. The number of carbonyl (C=O) groups excluding carboxylic acids is 2. The molecule has 1 aromatic carbocycles. The van der Waals surface area contributed by atoms with Crippen LogP contribution in [0.1, 0.15) is 35.7 Å². The van der Waals surface area contributed by atoms with Crippen LogP contribution in [0.2, 0.25) is 0 Å². The second-order valence-electron chi connectivity index (χ2n) is 6.56. The first-order valence-corrected chi connectivity index (χ1v) is 9.05. The van der Waals surface area contributed by atoms with Crippen LogP contribution in [0.25, 0.3) is 6.08 Å². The minimum atomic E-state index is -0.490. The number of amides is 2. The number of fused-ring (bicyclic) bond motifs is 1. The second-order valence-corrected chi connectivity index (χ2v) is 6.56. The summed E-state index contributed by atoms with van der Waals surface area (Å²) in [4.78, 5) is 31.2. The molecule has 0 aliphatic carbocycles. The van der Waals surface area contributed by atoms with E-state index in [9.17, 15) is 14.8 Å². The van der Waals surface area contributed by atoms with Crippen LogP contribution in [0.15, 0.2) is 28.8 Å². The van der Waals surface area contributed by atoms with E-state index >= 15 is 0 Å². The molecule has 2 heterocycles. The van der Waals surface area contributed by atoms with Crippen LogP contribution in [0.3, 0.4) is 0 Å². The summed E-state index contributed by atoms with van der Waals surface area (Å²) >= 11 is 0. The fourth-order valence-electron chi connectivity index (χ4n) is 3.09. The quantitative estimate of drug-likeness (QED) is 0.616. The van der Waals surface area contributed by atoms with Gasteiger partial charge in [-0.3, -0.25) is 14.8 Å². The molecule has 3 N–H and O–H groups in total. The number of amidine groups is 1. The molecule has 0 spiro atoms. The molecule has 2 amide bonds. The zero-order valence-corrected chi connectivity index (χ0v) is 15.4. The van der Waals surface area contributed by atoms with Crippen LogP contribution < -0.4 is 5.73 Å². The average Bonchev–Trinajstić information content (AvgIpc) is 2.84. The van der Waals surface area contributed by atoms with Crippen LogP contribution in [0.4, 0.5) is 5.69 Å². The minimum Gasteiger partial charge on any atom is -0.387 e. The minimum absolute atomic E-state index is 0.0797. The Kier molecular flexibility index (Phi) is 5.88. The van der Waals surface area contributed by atoms with Gasteiger partial charge in [0.2, 0.25) is 0 Å². The number of morpholine rings is 1. The largest absolute Gasteiger partial charge is 0.387 e. The van der Waals surface area contributed by atoms with Gasteiger partial charge in [0.1, 0.15) is 5.84 Å². The van der Waals surface area contributed by atoms with Gasteiger partial charge < -0.3 is 15.4 Å². The molecular formula is C19H24N4O4. The molecule has 27 heavy (non-hydrogen) atoms. The molecule has 1 fully saturated rings. The summed E-state index contributed by atoms with van der Waals surface area (Å²) in [7, 11) is 0. The topological polar surface area (TPSA) is 108 Å². The number of rotatable bonds is 4. The zero-order valence-electron chi connectivity index (χ0n) is 15.4. The monoisotopic (exact) mass is 372 g/mol. The van der Waals surface area contributed by atoms with Crippen molar-refractivity contribution in [3.05, 3.63) is 34.9 Å². The molecule has 2 aliphatic heterocycles. The van der Waals surface area contributed by atoms with E-state index in [1.54, 1.807) is 29.2 Å². The molecule has 0 saturated carbocycles.